The van der Waals surface area contributed by atoms with Gasteiger partial charge < -0.3 is 9.30 Å². The molecule has 9 nitrogen and oxygen atoms in total. The lowest BCUT2D eigenvalue weighted by Crippen LogP contribution is -2.22. The maximum absolute atomic E-state index is 6.06. The summed E-state index contributed by atoms with van der Waals surface area (Å²) in [6, 6.07) is 5.12. The first-order chi connectivity index (χ1) is 15.3. The third-order valence-corrected chi connectivity index (χ3v) is 7.45. The van der Waals surface area contributed by atoms with E-state index in [-0.39, 0.29) is 0 Å². The molecule has 4 aromatic heterocycles. The van der Waals surface area contributed by atoms with E-state index in [1.807, 2.05) is 30.0 Å². The van der Waals surface area contributed by atoms with Crippen molar-refractivity contribution in [1.29, 1.82) is 0 Å². The number of ether oxygens (including phenoxy) is 1. The van der Waals surface area contributed by atoms with Crippen molar-refractivity contribution in [3.8, 4) is 22.8 Å². The molecule has 0 aromatic carbocycles. The van der Waals surface area contributed by atoms with E-state index >= 15 is 0 Å². The molecule has 0 bridgehead atoms. The van der Waals surface area contributed by atoms with Gasteiger partial charge in [0.2, 0.25) is 0 Å². The molecule has 0 amide bonds. The van der Waals surface area contributed by atoms with E-state index in [0.29, 0.717) is 18.2 Å². The number of tetrazole rings is 1. The maximum atomic E-state index is 6.06. The predicted molar refractivity (Wildman–Crippen MR) is 129 cm³/mol. The van der Waals surface area contributed by atoms with Gasteiger partial charge in [-0.25, -0.2) is 19.6 Å². The minimum Gasteiger partial charge on any atom is -0.361 e. The van der Waals surface area contributed by atoms with Crippen LogP contribution in [-0.2, 0) is 18.5 Å². The molecule has 0 unspecified atom stereocenters. The fourth-order valence-corrected chi connectivity index (χ4v) is 4.46. The van der Waals surface area contributed by atoms with Gasteiger partial charge in [-0.3, -0.25) is 0 Å². The van der Waals surface area contributed by atoms with Crippen LogP contribution in [0.5, 0.6) is 0 Å². The molecule has 32 heavy (non-hydrogen) atoms. The fourth-order valence-electron chi connectivity index (χ4n) is 3.36. The summed E-state index contributed by atoms with van der Waals surface area (Å²) >= 11 is 1.53. The summed E-state index contributed by atoms with van der Waals surface area (Å²) in [7, 11) is 0.645. The summed E-state index contributed by atoms with van der Waals surface area (Å²) in [5.74, 6) is 0.615. The highest BCUT2D eigenvalue weighted by Crippen LogP contribution is 2.32. The minimum absolute atomic E-state index is 0.425. The summed E-state index contributed by atoms with van der Waals surface area (Å²) in [6.45, 7) is 10.2. The molecule has 0 saturated carbocycles. The minimum atomic E-state index is -1.16. The molecule has 0 radical (unpaired) electrons. The summed E-state index contributed by atoms with van der Waals surface area (Å²) < 4.78 is 9.72. The Morgan fingerprint density at radius 3 is 2.66 bits per heavy atom. The standard InChI is InChI=1S/C21H28N8OSSi/c1-14-11-22-21(31-3)24-18(14)16-12-29(13-30-9-10-32(4,5)6)19-15(16)7-8-17(23-19)20-25-26-27-28(20)2/h7-8,11-12H,9-10,13H2,1-6H3. The first-order valence-electron chi connectivity index (χ1n) is 10.5. The number of hydrogen-bond donors (Lipinski definition) is 0. The Labute approximate surface area is 192 Å². The monoisotopic (exact) mass is 468 g/mol. The lowest BCUT2D eigenvalue weighted by atomic mass is 10.1. The van der Waals surface area contributed by atoms with Crippen molar-refractivity contribution in [2.45, 2.75) is 44.5 Å². The lowest BCUT2D eigenvalue weighted by Gasteiger charge is -2.15. The van der Waals surface area contributed by atoms with Crippen LogP contribution in [0.25, 0.3) is 33.8 Å². The zero-order valence-corrected chi connectivity index (χ0v) is 21.1. The van der Waals surface area contributed by atoms with E-state index < -0.39 is 8.07 Å². The van der Waals surface area contributed by atoms with Gasteiger partial charge in [-0.1, -0.05) is 31.4 Å². The van der Waals surface area contributed by atoms with Gasteiger partial charge in [0.25, 0.3) is 0 Å². The lowest BCUT2D eigenvalue weighted by molar-refractivity contribution is 0.0899. The molecule has 0 saturated heterocycles. The summed E-state index contributed by atoms with van der Waals surface area (Å²) in [6.07, 6.45) is 5.92. The molecule has 4 rings (SSSR count). The number of rotatable bonds is 8. The number of hydrogen-bond acceptors (Lipinski definition) is 8. The molecule has 0 aliphatic heterocycles. The van der Waals surface area contributed by atoms with Gasteiger partial charge in [-0.05, 0) is 47.3 Å². The van der Waals surface area contributed by atoms with Crippen LogP contribution in [-0.4, -0.2) is 60.7 Å². The third kappa shape index (κ3) is 4.74. The Bertz CT molecular complexity index is 1250. The van der Waals surface area contributed by atoms with Crippen LogP contribution >= 0.6 is 11.8 Å². The average molecular weight is 469 g/mol. The van der Waals surface area contributed by atoms with Crippen LogP contribution < -0.4 is 0 Å². The van der Waals surface area contributed by atoms with Gasteiger partial charge in [0, 0.05) is 45.1 Å². The molecular formula is C21H28N8OSSi. The number of nitrogens with zero attached hydrogens (tertiary/aromatic N) is 8. The van der Waals surface area contributed by atoms with Crippen molar-refractivity contribution < 1.29 is 4.74 Å². The first kappa shape index (κ1) is 22.6. The maximum Gasteiger partial charge on any atom is 0.200 e. The molecule has 0 N–H and O–H groups in total. The summed E-state index contributed by atoms with van der Waals surface area (Å²) in [5, 5.41) is 13.5. The van der Waals surface area contributed by atoms with Crippen LogP contribution in [0, 0.1) is 6.92 Å². The Hall–Kier alpha value is -2.63. The average Bonchev–Trinajstić information content (AvgIpc) is 3.34. The molecule has 4 aromatic rings. The van der Waals surface area contributed by atoms with Crippen molar-refractivity contribution in [2.24, 2.45) is 7.05 Å². The van der Waals surface area contributed by atoms with Crippen LogP contribution in [0.2, 0.25) is 25.7 Å². The van der Waals surface area contributed by atoms with Gasteiger partial charge in [0.15, 0.2) is 11.0 Å². The van der Waals surface area contributed by atoms with Gasteiger partial charge in [-0.2, -0.15) is 0 Å². The second kappa shape index (κ2) is 9.08. The van der Waals surface area contributed by atoms with Crippen molar-refractivity contribution in [1.82, 2.24) is 39.7 Å². The highest BCUT2D eigenvalue weighted by Gasteiger charge is 2.18. The van der Waals surface area contributed by atoms with E-state index in [2.05, 4.69) is 52.4 Å². The Morgan fingerprint density at radius 1 is 1.16 bits per heavy atom. The first-order valence-corrected chi connectivity index (χ1v) is 15.4. The number of thioether (sulfide) groups is 1. The highest BCUT2D eigenvalue weighted by atomic mass is 32.2. The SMILES string of the molecule is CSc1ncc(C)c(-c2cn(COCC[Si](C)(C)C)c3nc(-c4nnnn4C)ccc23)n1. The molecule has 168 valence electrons. The molecule has 0 fully saturated rings. The van der Waals surface area contributed by atoms with Crippen LogP contribution in [0.4, 0.5) is 0 Å². The molecule has 4 heterocycles. The number of aromatic nitrogens is 8. The topological polar surface area (TPSA) is 96.4 Å². The van der Waals surface area contributed by atoms with E-state index in [1.54, 1.807) is 11.7 Å². The fraction of sp³-hybridized carbons (Fsp3) is 0.429. The van der Waals surface area contributed by atoms with Crippen molar-refractivity contribution >= 4 is 30.9 Å². The van der Waals surface area contributed by atoms with Crippen LogP contribution in [0.15, 0.2) is 29.7 Å². The van der Waals surface area contributed by atoms with Gasteiger partial charge in [0.05, 0.1) is 5.69 Å². The van der Waals surface area contributed by atoms with Crippen LogP contribution in [0.1, 0.15) is 5.56 Å². The van der Waals surface area contributed by atoms with E-state index in [9.17, 15) is 0 Å². The second-order valence-corrected chi connectivity index (χ2v) is 15.3. The van der Waals surface area contributed by atoms with E-state index in [4.69, 9.17) is 14.7 Å². The van der Waals surface area contributed by atoms with Crippen molar-refractivity contribution in [3.63, 3.8) is 0 Å². The summed E-state index contributed by atoms with van der Waals surface area (Å²) in [4.78, 5) is 14.1. The predicted octanol–water partition coefficient (Wildman–Crippen LogP) is 4.03. The van der Waals surface area contributed by atoms with Crippen molar-refractivity contribution in [3.05, 3.63) is 30.1 Å². The van der Waals surface area contributed by atoms with Gasteiger partial charge in [0.1, 0.15) is 18.1 Å². The number of fused-ring (bicyclic) bond motifs is 1. The quantitative estimate of drug-likeness (QED) is 0.165. The zero-order chi connectivity index (χ0) is 22.9. The summed E-state index contributed by atoms with van der Waals surface area (Å²) in [5.41, 5.74) is 4.46. The van der Waals surface area contributed by atoms with Crippen molar-refractivity contribution in [2.75, 3.05) is 12.9 Å². The largest absolute Gasteiger partial charge is 0.361 e. The van der Waals surface area contributed by atoms with E-state index in [1.165, 1.54) is 11.8 Å². The highest BCUT2D eigenvalue weighted by molar-refractivity contribution is 7.98. The van der Waals surface area contributed by atoms with Gasteiger partial charge >= 0.3 is 0 Å². The molecule has 0 spiro atoms. The van der Waals surface area contributed by atoms with Crippen LogP contribution in [0.3, 0.4) is 0 Å². The Morgan fingerprint density at radius 2 is 1.97 bits per heavy atom. The Balaban J connectivity index is 1.78. The second-order valence-electron chi connectivity index (χ2n) is 8.94. The number of pyridine rings is 1. The zero-order valence-electron chi connectivity index (χ0n) is 19.3. The van der Waals surface area contributed by atoms with E-state index in [0.717, 1.165) is 45.7 Å². The third-order valence-electron chi connectivity index (χ3n) is 5.19. The molecule has 0 atom stereocenters. The molecule has 11 heteroatoms. The molecule has 0 aliphatic carbocycles. The normalized spacial score (nSPS) is 12.1. The van der Waals surface area contributed by atoms with Gasteiger partial charge in [-0.15, -0.1) is 5.10 Å². The molecule has 0 aliphatic rings. The molecular weight excluding hydrogens is 440 g/mol. The Kier molecular flexibility index (Phi) is 6.40. The smallest absolute Gasteiger partial charge is 0.200 e. The number of aryl methyl sites for hydroxylation is 2.